The number of amides is 1. The lowest BCUT2D eigenvalue weighted by molar-refractivity contribution is -0.137. The Morgan fingerprint density at radius 2 is 1.73 bits per heavy atom. The molecular formula is C17H23F3N2O3S. The highest BCUT2D eigenvalue weighted by Crippen LogP contribution is 2.31. The lowest BCUT2D eigenvalue weighted by Crippen LogP contribution is -2.39. The van der Waals surface area contributed by atoms with Crippen molar-refractivity contribution in [1.82, 2.24) is 5.32 Å². The largest absolute Gasteiger partial charge is 0.416 e. The molecule has 0 saturated heterocycles. The highest BCUT2D eigenvalue weighted by Gasteiger charge is 2.30. The minimum atomic E-state index is -4.49. The van der Waals surface area contributed by atoms with Crippen molar-refractivity contribution in [1.29, 1.82) is 0 Å². The number of hydrogen-bond acceptors (Lipinski definition) is 3. The average Bonchev–Trinajstić information content (AvgIpc) is 2.54. The van der Waals surface area contributed by atoms with E-state index in [1.165, 1.54) is 0 Å². The van der Waals surface area contributed by atoms with Crippen molar-refractivity contribution in [3.05, 3.63) is 29.8 Å². The molecule has 9 heteroatoms. The van der Waals surface area contributed by atoms with E-state index >= 15 is 0 Å². The predicted octanol–water partition coefficient (Wildman–Crippen LogP) is 3.31. The van der Waals surface area contributed by atoms with Crippen LogP contribution in [0.25, 0.3) is 0 Å². The van der Waals surface area contributed by atoms with Gasteiger partial charge in [0.25, 0.3) is 0 Å². The minimum Gasteiger partial charge on any atom is -0.353 e. The molecule has 0 atom stereocenters. The second-order valence-corrected chi connectivity index (χ2v) is 8.44. The van der Waals surface area contributed by atoms with Gasteiger partial charge in [0, 0.05) is 19.0 Å². The lowest BCUT2D eigenvalue weighted by Gasteiger charge is -2.25. The first kappa shape index (κ1) is 20.5. The Morgan fingerprint density at radius 1 is 1.15 bits per heavy atom. The number of nitrogens with zero attached hydrogens (tertiary/aromatic N) is 1. The first-order valence-electron chi connectivity index (χ1n) is 8.52. The Morgan fingerprint density at radius 3 is 2.23 bits per heavy atom. The summed E-state index contributed by atoms with van der Waals surface area (Å²) < 4.78 is 62.9. The van der Waals surface area contributed by atoms with Gasteiger partial charge < -0.3 is 5.32 Å². The van der Waals surface area contributed by atoms with Crippen LogP contribution in [0.1, 0.15) is 44.1 Å². The SMILES string of the molecule is CS(=O)(=O)N(CCC(=O)NC1CCCCC1)c1ccc(C(F)(F)F)cc1. The first-order valence-corrected chi connectivity index (χ1v) is 10.4. The van der Waals surface area contributed by atoms with Crippen molar-refractivity contribution in [2.75, 3.05) is 17.1 Å². The van der Waals surface area contributed by atoms with Gasteiger partial charge >= 0.3 is 6.18 Å². The van der Waals surface area contributed by atoms with Crippen molar-refractivity contribution in [2.24, 2.45) is 0 Å². The molecule has 0 heterocycles. The Kier molecular flexibility index (Phi) is 6.54. The molecule has 1 aromatic carbocycles. The van der Waals surface area contributed by atoms with Crippen molar-refractivity contribution in [2.45, 2.75) is 50.7 Å². The number of halogens is 3. The molecule has 146 valence electrons. The molecule has 0 aliphatic heterocycles. The number of nitrogens with one attached hydrogen (secondary N) is 1. The maximum Gasteiger partial charge on any atom is 0.416 e. The third-order valence-corrected chi connectivity index (χ3v) is 5.59. The molecule has 5 nitrogen and oxygen atoms in total. The van der Waals surface area contributed by atoms with Crippen LogP contribution in [0.2, 0.25) is 0 Å². The molecule has 2 rings (SSSR count). The van der Waals surface area contributed by atoms with E-state index in [1.807, 2.05) is 0 Å². The van der Waals surface area contributed by atoms with Crippen LogP contribution < -0.4 is 9.62 Å². The molecule has 1 amide bonds. The third kappa shape index (κ3) is 5.89. The van der Waals surface area contributed by atoms with E-state index in [9.17, 15) is 26.4 Å². The highest BCUT2D eigenvalue weighted by atomic mass is 32.2. The topological polar surface area (TPSA) is 66.5 Å². The molecule has 0 aromatic heterocycles. The number of sulfonamides is 1. The minimum absolute atomic E-state index is 0.0510. The number of hydrogen-bond donors (Lipinski definition) is 1. The van der Waals surface area contributed by atoms with Crippen LogP contribution in [0.15, 0.2) is 24.3 Å². The van der Waals surface area contributed by atoms with Gasteiger partial charge in [0.1, 0.15) is 0 Å². The fraction of sp³-hybridized carbons (Fsp3) is 0.588. The first-order chi connectivity index (χ1) is 12.1. The molecule has 0 radical (unpaired) electrons. The summed E-state index contributed by atoms with van der Waals surface area (Å²) in [6.45, 7) is -0.122. The third-order valence-electron chi connectivity index (χ3n) is 4.40. The highest BCUT2D eigenvalue weighted by molar-refractivity contribution is 7.92. The van der Waals surface area contributed by atoms with Gasteiger partial charge in [-0.25, -0.2) is 8.42 Å². The van der Waals surface area contributed by atoms with Gasteiger partial charge in [0.05, 0.1) is 17.5 Å². The summed E-state index contributed by atoms with van der Waals surface area (Å²) in [4.78, 5) is 12.1. The zero-order valence-electron chi connectivity index (χ0n) is 14.6. The fourth-order valence-electron chi connectivity index (χ4n) is 3.05. The van der Waals surface area contributed by atoms with Gasteiger partial charge in [-0.3, -0.25) is 9.10 Å². The quantitative estimate of drug-likeness (QED) is 0.808. The van der Waals surface area contributed by atoms with Crippen molar-refractivity contribution >= 4 is 21.6 Å². The Balaban J connectivity index is 2.02. The Hall–Kier alpha value is -1.77. The van der Waals surface area contributed by atoms with E-state index in [0.717, 1.165) is 66.9 Å². The van der Waals surface area contributed by atoms with E-state index in [4.69, 9.17) is 0 Å². The summed E-state index contributed by atoms with van der Waals surface area (Å²) in [6, 6.07) is 3.98. The molecule has 0 bridgehead atoms. The van der Waals surface area contributed by atoms with Crippen molar-refractivity contribution in [3.8, 4) is 0 Å². The van der Waals surface area contributed by atoms with E-state index in [1.54, 1.807) is 0 Å². The van der Waals surface area contributed by atoms with E-state index in [2.05, 4.69) is 5.32 Å². The van der Waals surface area contributed by atoms with Crippen LogP contribution >= 0.6 is 0 Å². The second kappa shape index (κ2) is 8.28. The lowest BCUT2D eigenvalue weighted by atomic mass is 9.95. The van der Waals surface area contributed by atoms with Gasteiger partial charge in [-0.2, -0.15) is 13.2 Å². The number of carbonyl (C=O) groups excluding carboxylic acids is 1. The average molecular weight is 392 g/mol. The smallest absolute Gasteiger partial charge is 0.353 e. The summed E-state index contributed by atoms with van der Waals surface area (Å²) in [6.07, 6.45) is 1.53. The van der Waals surface area contributed by atoms with Crippen LogP contribution in [0.3, 0.4) is 0 Å². The van der Waals surface area contributed by atoms with Crippen molar-refractivity contribution in [3.63, 3.8) is 0 Å². The van der Waals surface area contributed by atoms with Crippen LogP contribution in [0.4, 0.5) is 18.9 Å². The van der Waals surface area contributed by atoms with E-state index in [-0.39, 0.29) is 30.6 Å². The van der Waals surface area contributed by atoms with Crippen LogP contribution in [-0.4, -0.2) is 33.2 Å². The normalized spacial score (nSPS) is 16.3. The van der Waals surface area contributed by atoms with Crippen molar-refractivity contribution < 1.29 is 26.4 Å². The molecule has 1 aromatic rings. The summed E-state index contributed by atoms with van der Waals surface area (Å²) in [5.41, 5.74) is -0.754. The number of alkyl halides is 3. The number of rotatable bonds is 6. The van der Waals surface area contributed by atoms with Gasteiger partial charge in [-0.15, -0.1) is 0 Å². The van der Waals surface area contributed by atoms with Crippen LogP contribution in [0, 0.1) is 0 Å². The predicted molar refractivity (Wildman–Crippen MR) is 93.3 cm³/mol. The van der Waals surface area contributed by atoms with Gasteiger partial charge in [-0.1, -0.05) is 19.3 Å². The molecule has 1 N–H and O–H groups in total. The Bertz CT molecular complexity index is 712. The molecule has 1 aliphatic carbocycles. The Labute approximate surface area is 151 Å². The summed E-state index contributed by atoms with van der Waals surface area (Å²) >= 11 is 0. The molecule has 0 unspecified atom stereocenters. The monoisotopic (exact) mass is 392 g/mol. The number of benzene rings is 1. The number of anilines is 1. The summed E-state index contributed by atoms with van der Waals surface area (Å²) in [5, 5.41) is 2.90. The zero-order valence-corrected chi connectivity index (χ0v) is 15.4. The van der Waals surface area contributed by atoms with Crippen LogP contribution in [-0.2, 0) is 21.0 Å². The standard InChI is InChI=1S/C17H23F3N2O3S/c1-26(24,25)22(15-9-7-13(8-10-15)17(18,19)20)12-11-16(23)21-14-5-3-2-4-6-14/h7-10,14H,2-6,11-12H2,1H3,(H,21,23). The van der Waals surface area contributed by atoms with E-state index in [0.29, 0.717) is 0 Å². The zero-order chi connectivity index (χ0) is 19.4. The molecule has 0 spiro atoms. The van der Waals surface area contributed by atoms with Gasteiger partial charge in [0.15, 0.2) is 0 Å². The summed E-state index contributed by atoms with van der Waals surface area (Å²) in [5.74, 6) is -0.252. The van der Waals surface area contributed by atoms with E-state index < -0.39 is 21.8 Å². The number of carbonyl (C=O) groups is 1. The van der Waals surface area contributed by atoms with Crippen LogP contribution in [0.5, 0.6) is 0 Å². The molecule has 1 fully saturated rings. The van der Waals surface area contributed by atoms with Gasteiger partial charge in [0.2, 0.25) is 15.9 Å². The molecule has 26 heavy (non-hydrogen) atoms. The molecular weight excluding hydrogens is 369 g/mol. The fourth-order valence-corrected chi connectivity index (χ4v) is 3.98. The van der Waals surface area contributed by atoms with Gasteiger partial charge in [-0.05, 0) is 37.1 Å². The second-order valence-electron chi connectivity index (χ2n) is 6.53. The summed E-state index contributed by atoms with van der Waals surface area (Å²) in [7, 11) is -3.72. The maximum absolute atomic E-state index is 12.6. The molecule has 1 saturated carbocycles. The maximum atomic E-state index is 12.6. The molecule has 1 aliphatic rings.